The summed E-state index contributed by atoms with van der Waals surface area (Å²) in [7, 11) is 5.94. The minimum atomic E-state index is -0.723. The van der Waals surface area contributed by atoms with Gasteiger partial charge in [0.2, 0.25) is 0 Å². The van der Waals surface area contributed by atoms with E-state index >= 15 is 0 Å². The summed E-state index contributed by atoms with van der Waals surface area (Å²) in [6, 6.07) is 7.67. The number of halogens is 1. The maximum Gasteiger partial charge on any atom is 0.338 e. The SMILES string of the molecule is COc1ccc(OC)c(C(C)NC(=O)COC(=O)c2cc(Cl)c(OC)c(OC)c2)c1. The largest absolute Gasteiger partial charge is 0.497 e. The third kappa shape index (κ3) is 5.48. The molecule has 0 aliphatic heterocycles. The molecule has 0 aliphatic carbocycles. The molecule has 1 N–H and O–H groups in total. The Hall–Kier alpha value is -3.13. The average Bonchev–Trinajstić information content (AvgIpc) is 2.76. The van der Waals surface area contributed by atoms with Crippen LogP contribution in [0.3, 0.4) is 0 Å². The third-order valence-corrected chi connectivity index (χ3v) is 4.57. The number of rotatable bonds is 9. The fourth-order valence-corrected chi connectivity index (χ4v) is 3.08. The predicted octanol–water partition coefficient (Wildman–Crippen LogP) is 3.41. The molecule has 0 spiro atoms. The molecule has 0 fully saturated rings. The van der Waals surface area contributed by atoms with Gasteiger partial charge in [-0.25, -0.2) is 4.79 Å². The van der Waals surface area contributed by atoms with Gasteiger partial charge in [0.1, 0.15) is 11.5 Å². The first-order valence-electron chi connectivity index (χ1n) is 8.94. The van der Waals surface area contributed by atoms with Crippen molar-refractivity contribution in [3.8, 4) is 23.0 Å². The number of nitrogens with one attached hydrogen (secondary N) is 1. The fraction of sp³-hybridized carbons (Fsp3) is 0.333. The first-order valence-corrected chi connectivity index (χ1v) is 9.32. The van der Waals surface area contributed by atoms with E-state index in [0.29, 0.717) is 17.2 Å². The number of hydrogen-bond donors (Lipinski definition) is 1. The number of carbonyl (C=O) groups excluding carboxylic acids is 2. The number of benzene rings is 2. The lowest BCUT2D eigenvalue weighted by Gasteiger charge is -2.18. The van der Waals surface area contributed by atoms with E-state index in [4.69, 9.17) is 35.3 Å². The predicted molar refractivity (Wildman–Crippen MR) is 111 cm³/mol. The van der Waals surface area contributed by atoms with Crippen LogP contribution in [-0.4, -0.2) is 46.9 Å². The van der Waals surface area contributed by atoms with Crippen molar-refractivity contribution in [2.75, 3.05) is 35.0 Å². The molecule has 0 saturated heterocycles. The Labute approximate surface area is 180 Å². The van der Waals surface area contributed by atoms with E-state index in [-0.39, 0.29) is 16.3 Å². The quantitative estimate of drug-likeness (QED) is 0.601. The zero-order chi connectivity index (χ0) is 22.3. The molecule has 0 saturated carbocycles. The highest BCUT2D eigenvalue weighted by atomic mass is 35.5. The molecule has 1 unspecified atom stereocenters. The summed E-state index contributed by atoms with van der Waals surface area (Å²) < 4.78 is 25.9. The molecule has 1 amide bonds. The lowest BCUT2D eigenvalue weighted by Crippen LogP contribution is -2.31. The van der Waals surface area contributed by atoms with Gasteiger partial charge in [-0.15, -0.1) is 0 Å². The number of amides is 1. The lowest BCUT2D eigenvalue weighted by atomic mass is 10.1. The Morgan fingerprint density at radius 2 is 1.67 bits per heavy atom. The van der Waals surface area contributed by atoms with Crippen molar-refractivity contribution in [1.82, 2.24) is 5.32 Å². The van der Waals surface area contributed by atoms with Gasteiger partial charge in [-0.2, -0.15) is 0 Å². The van der Waals surface area contributed by atoms with Crippen molar-refractivity contribution in [2.24, 2.45) is 0 Å². The van der Waals surface area contributed by atoms with Crippen molar-refractivity contribution < 1.29 is 33.3 Å². The summed E-state index contributed by atoms with van der Waals surface area (Å²) >= 11 is 6.10. The molecule has 8 nitrogen and oxygen atoms in total. The fourth-order valence-electron chi connectivity index (χ4n) is 2.79. The highest BCUT2D eigenvalue weighted by molar-refractivity contribution is 6.32. The first-order chi connectivity index (χ1) is 14.3. The van der Waals surface area contributed by atoms with Crippen LogP contribution in [0.1, 0.15) is 28.9 Å². The van der Waals surface area contributed by atoms with E-state index in [1.807, 2.05) is 0 Å². The zero-order valence-corrected chi connectivity index (χ0v) is 18.2. The summed E-state index contributed by atoms with van der Waals surface area (Å²) in [4.78, 5) is 24.6. The minimum absolute atomic E-state index is 0.132. The molecule has 0 radical (unpaired) electrons. The Morgan fingerprint density at radius 3 is 2.27 bits per heavy atom. The van der Waals surface area contributed by atoms with Gasteiger partial charge in [-0.3, -0.25) is 4.79 Å². The van der Waals surface area contributed by atoms with Gasteiger partial charge in [0.25, 0.3) is 5.91 Å². The van der Waals surface area contributed by atoms with E-state index in [1.165, 1.54) is 33.5 Å². The van der Waals surface area contributed by atoms with Crippen LogP contribution in [0.4, 0.5) is 0 Å². The molecule has 0 aliphatic rings. The molecular formula is C21H24ClNO7. The van der Waals surface area contributed by atoms with E-state index in [1.54, 1.807) is 32.2 Å². The minimum Gasteiger partial charge on any atom is -0.497 e. The highest BCUT2D eigenvalue weighted by Gasteiger charge is 2.19. The summed E-state index contributed by atoms with van der Waals surface area (Å²) in [6.45, 7) is 1.31. The van der Waals surface area contributed by atoms with Crippen molar-refractivity contribution in [1.29, 1.82) is 0 Å². The van der Waals surface area contributed by atoms with E-state index in [0.717, 1.165) is 5.56 Å². The molecule has 0 bridgehead atoms. The smallest absolute Gasteiger partial charge is 0.338 e. The van der Waals surface area contributed by atoms with E-state index in [9.17, 15) is 9.59 Å². The molecule has 2 aromatic rings. The normalized spacial score (nSPS) is 11.3. The summed E-state index contributed by atoms with van der Waals surface area (Å²) in [5, 5.41) is 2.95. The van der Waals surface area contributed by atoms with Crippen molar-refractivity contribution in [3.05, 3.63) is 46.5 Å². The van der Waals surface area contributed by atoms with Crippen molar-refractivity contribution in [2.45, 2.75) is 13.0 Å². The molecule has 162 valence electrons. The van der Waals surface area contributed by atoms with Gasteiger partial charge in [0, 0.05) is 5.56 Å². The summed E-state index contributed by atoms with van der Waals surface area (Å²) in [5.74, 6) is 0.603. The second kappa shape index (κ2) is 10.6. The Bertz CT molecular complexity index is 916. The highest BCUT2D eigenvalue weighted by Crippen LogP contribution is 2.36. The van der Waals surface area contributed by atoms with Crippen molar-refractivity contribution in [3.63, 3.8) is 0 Å². The van der Waals surface area contributed by atoms with Crippen LogP contribution in [0.5, 0.6) is 23.0 Å². The van der Waals surface area contributed by atoms with Crippen molar-refractivity contribution >= 4 is 23.5 Å². The van der Waals surface area contributed by atoms with Crippen LogP contribution in [0, 0.1) is 0 Å². The summed E-state index contributed by atoms with van der Waals surface area (Å²) in [6.07, 6.45) is 0. The molecule has 0 aromatic heterocycles. The Morgan fingerprint density at radius 1 is 0.967 bits per heavy atom. The van der Waals surface area contributed by atoms with Crippen LogP contribution < -0.4 is 24.3 Å². The van der Waals surface area contributed by atoms with Gasteiger partial charge in [-0.05, 0) is 37.3 Å². The lowest BCUT2D eigenvalue weighted by molar-refractivity contribution is -0.124. The van der Waals surface area contributed by atoms with Gasteiger partial charge >= 0.3 is 5.97 Å². The molecule has 30 heavy (non-hydrogen) atoms. The average molecular weight is 438 g/mol. The van der Waals surface area contributed by atoms with Crippen LogP contribution in [0.2, 0.25) is 5.02 Å². The molecule has 2 rings (SSSR count). The molecule has 1 atom stereocenters. The van der Waals surface area contributed by atoms with Crippen LogP contribution in [-0.2, 0) is 9.53 Å². The summed E-state index contributed by atoms with van der Waals surface area (Å²) in [5.41, 5.74) is 0.858. The van der Waals surface area contributed by atoms with Gasteiger partial charge in [0.15, 0.2) is 18.1 Å². The van der Waals surface area contributed by atoms with Gasteiger partial charge in [-0.1, -0.05) is 11.6 Å². The van der Waals surface area contributed by atoms with E-state index < -0.39 is 24.5 Å². The maximum absolute atomic E-state index is 12.3. The molecular weight excluding hydrogens is 414 g/mol. The molecule has 9 heteroatoms. The monoisotopic (exact) mass is 437 g/mol. The Balaban J connectivity index is 2.03. The van der Waals surface area contributed by atoms with Gasteiger partial charge in [0.05, 0.1) is 45.1 Å². The topological polar surface area (TPSA) is 92.3 Å². The van der Waals surface area contributed by atoms with Crippen LogP contribution in [0.15, 0.2) is 30.3 Å². The van der Waals surface area contributed by atoms with Crippen LogP contribution >= 0.6 is 11.6 Å². The number of esters is 1. The first kappa shape index (κ1) is 23.2. The second-order valence-electron chi connectivity index (χ2n) is 6.17. The number of ether oxygens (including phenoxy) is 5. The standard InChI is InChI=1S/C21H24ClNO7/c1-12(15-10-14(26-2)6-7-17(15)27-3)23-19(24)11-30-21(25)13-8-16(22)20(29-5)18(9-13)28-4/h6-10,12H,11H2,1-5H3,(H,23,24). The second-order valence-corrected chi connectivity index (χ2v) is 6.57. The number of carbonyl (C=O) groups is 2. The third-order valence-electron chi connectivity index (χ3n) is 4.28. The van der Waals surface area contributed by atoms with Crippen LogP contribution in [0.25, 0.3) is 0 Å². The maximum atomic E-state index is 12.3. The van der Waals surface area contributed by atoms with E-state index in [2.05, 4.69) is 5.32 Å². The molecule has 0 heterocycles. The zero-order valence-electron chi connectivity index (χ0n) is 17.4. The van der Waals surface area contributed by atoms with Gasteiger partial charge < -0.3 is 29.0 Å². The molecule has 2 aromatic carbocycles. The number of methoxy groups -OCH3 is 4. The number of hydrogen-bond acceptors (Lipinski definition) is 7. The Kier molecular flexibility index (Phi) is 8.17.